The fraction of sp³-hybridized carbons (Fsp3) is 0.385. The third-order valence-corrected chi connectivity index (χ3v) is 1.99. The first-order valence-corrected chi connectivity index (χ1v) is 5.57. The molecular formula is C13H17NO4. The van der Waals surface area contributed by atoms with Crippen LogP contribution in [0.1, 0.15) is 26.3 Å². The third kappa shape index (κ3) is 4.86. The van der Waals surface area contributed by atoms with Gasteiger partial charge in [-0.2, -0.15) is 0 Å². The van der Waals surface area contributed by atoms with Crippen LogP contribution < -0.4 is 5.32 Å². The molecule has 18 heavy (non-hydrogen) atoms. The van der Waals surface area contributed by atoms with Crippen LogP contribution in [-0.4, -0.2) is 22.8 Å². The van der Waals surface area contributed by atoms with Crippen molar-refractivity contribution in [2.24, 2.45) is 0 Å². The summed E-state index contributed by atoms with van der Waals surface area (Å²) < 4.78 is 5.10. The molecule has 0 fully saturated rings. The van der Waals surface area contributed by atoms with Crippen LogP contribution in [0.3, 0.4) is 0 Å². The fourth-order valence-electron chi connectivity index (χ4n) is 1.37. The molecule has 0 spiro atoms. The standard InChI is InChI=1S/C13H17NO4/c1-13(2,3)18-12(17)14-10-7-5-4-6-9(10)8-11(15)16/h4-7H,8H2,1-3H3,(H,14,17)(H,15,16). The van der Waals surface area contributed by atoms with Crippen LogP contribution in [0.25, 0.3) is 0 Å². The first-order chi connectivity index (χ1) is 8.28. The van der Waals surface area contributed by atoms with E-state index in [0.717, 1.165) is 0 Å². The van der Waals surface area contributed by atoms with Gasteiger partial charge in [-0.25, -0.2) is 4.79 Å². The maximum absolute atomic E-state index is 11.6. The van der Waals surface area contributed by atoms with Gasteiger partial charge in [-0.3, -0.25) is 10.1 Å². The molecule has 98 valence electrons. The van der Waals surface area contributed by atoms with Crippen molar-refractivity contribution in [2.45, 2.75) is 32.8 Å². The Balaban J connectivity index is 2.78. The Morgan fingerprint density at radius 3 is 2.44 bits per heavy atom. The lowest BCUT2D eigenvalue weighted by Crippen LogP contribution is -2.27. The van der Waals surface area contributed by atoms with E-state index in [1.165, 1.54) is 0 Å². The average molecular weight is 251 g/mol. The first kappa shape index (κ1) is 14.0. The molecule has 1 rings (SSSR count). The number of amides is 1. The number of carboxylic acid groups (broad SMARTS) is 1. The normalized spacial score (nSPS) is 10.8. The Morgan fingerprint density at radius 1 is 1.28 bits per heavy atom. The van der Waals surface area contributed by atoms with Crippen LogP contribution >= 0.6 is 0 Å². The van der Waals surface area contributed by atoms with Gasteiger partial charge in [0.15, 0.2) is 0 Å². The topological polar surface area (TPSA) is 75.6 Å². The highest BCUT2D eigenvalue weighted by Gasteiger charge is 2.17. The van der Waals surface area contributed by atoms with E-state index in [4.69, 9.17) is 9.84 Å². The van der Waals surface area contributed by atoms with E-state index in [9.17, 15) is 9.59 Å². The molecule has 2 N–H and O–H groups in total. The summed E-state index contributed by atoms with van der Waals surface area (Å²) in [5, 5.41) is 11.3. The van der Waals surface area contributed by atoms with Gasteiger partial charge in [0.05, 0.1) is 6.42 Å². The lowest BCUT2D eigenvalue weighted by Gasteiger charge is -2.20. The van der Waals surface area contributed by atoms with Crippen LogP contribution in [-0.2, 0) is 16.0 Å². The van der Waals surface area contributed by atoms with E-state index < -0.39 is 17.7 Å². The van der Waals surface area contributed by atoms with E-state index in [0.29, 0.717) is 11.3 Å². The van der Waals surface area contributed by atoms with Crippen LogP contribution in [0.15, 0.2) is 24.3 Å². The maximum atomic E-state index is 11.6. The fourth-order valence-corrected chi connectivity index (χ4v) is 1.37. The van der Waals surface area contributed by atoms with Crippen LogP contribution in [0.4, 0.5) is 10.5 Å². The summed E-state index contributed by atoms with van der Waals surface area (Å²) in [6.07, 6.45) is -0.744. The Kier molecular flexibility index (Phi) is 4.31. The predicted octanol–water partition coefficient (Wildman–Crippen LogP) is 2.66. The number of hydrogen-bond donors (Lipinski definition) is 2. The lowest BCUT2D eigenvalue weighted by atomic mass is 10.1. The minimum Gasteiger partial charge on any atom is -0.481 e. The number of anilines is 1. The number of aliphatic carboxylic acids is 1. The van der Waals surface area contributed by atoms with Crippen molar-refractivity contribution in [1.29, 1.82) is 0 Å². The number of rotatable bonds is 3. The molecule has 0 bridgehead atoms. The molecule has 1 aromatic carbocycles. The van der Waals surface area contributed by atoms with E-state index in [-0.39, 0.29) is 6.42 Å². The number of benzene rings is 1. The van der Waals surface area contributed by atoms with Crippen molar-refractivity contribution in [3.8, 4) is 0 Å². The number of para-hydroxylation sites is 1. The number of carbonyl (C=O) groups excluding carboxylic acids is 1. The second-order valence-electron chi connectivity index (χ2n) is 4.85. The van der Waals surface area contributed by atoms with Crippen molar-refractivity contribution in [2.75, 3.05) is 5.32 Å². The minimum atomic E-state index is -0.951. The number of carbonyl (C=O) groups is 2. The van der Waals surface area contributed by atoms with Gasteiger partial charge < -0.3 is 9.84 Å². The molecule has 0 unspecified atom stereocenters. The summed E-state index contributed by atoms with van der Waals surface area (Å²) in [6.45, 7) is 5.28. The molecule has 0 heterocycles. The van der Waals surface area contributed by atoms with Gasteiger partial charge in [-0.1, -0.05) is 18.2 Å². The van der Waals surface area contributed by atoms with Gasteiger partial charge in [0.2, 0.25) is 0 Å². The van der Waals surface area contributed by atoms with Crippen molar-refractivity contribution in [1.82, 2.24) is 0 Å². The molecular weight excluding hydrogens is 234 g/mol. The molecule has 1 aromatic rings. The van der Waals surface area contributed by atoms with Crippen molar-refractivity contribution < 1.29 is 19.4 Å². The van der Waals surface area contributed by atoms with Gasteiger partial charge in [-0.15, -0.1) is 0 Å². The Morgan fingerprint density at radius 2 is 1.89 bits per heavy atom. The molecule has 0 aliphatic rings. The second kappa shape index (κ2) is 5.53. The average Bonchev–Trinajstić information content (AvgIpc) is 2.17. The van der Waals surface area contributed by atoms with E-state index in [1.807, 2.05) is 0 Å². The summed E-state index contributed by atoms with van der Waals surface area (Å²) in [7, 11) is 0. The molecule has 5 nitrogen and oxygen atoms in total. The monoisotopic (exact) mass is 251 g/mol. The largest absolute Gasteiger partial charge is 0.481 e. The van der Waals surface area contributed by atoms with Crippen LogP contribution in [0, 0.1) is 0 Å². The van der Waals surface area contributed by atoms with Gasteiger partial charge in [0, 0.05) is 5.69 Å². The number of nitrogens with one attached hydrogen (secondary N) is 1. The summed E-state index contributed by atoms with van der Waals surface area (Å²) in [4.78, 5) is 22.3. The molecule has 5 heteroatoms. The summed E-state index contributed by atoms with van der Waals surface area (Å²) in [5.41, 5.74) is 0.399. The predicted molar refractivity (Wildman–Crippen MR) is 67.6 cm³/mol. The molecule has 0 saturated carbocycles. The van der Waals surface area contributed by atoms with E-state index in [1.54, 1.807) is 45.0 Å². The molecule has 0 aliphatic heterocycles. The van der Waals surface area contributed by atoms with Crippen molar-refractivity contribution in [3.05, 3.63) is 29.8 Å². The highest BCUT2D eigenvalue weighted by Crippen LogP contribution is 2.17. The summed E-state index contributed by atoms with van der Waals surface area (Å²) in [5.74, 6) is -0.951. The van der Waals surface area contributed by atoms with Gasteiger partial charge >= 0.3 is 12.1 Å². The van der Waals surface area contributed by atoms with Crippen molar-refractivity contribution in [3.63, 3.8) is 0 Å². The Labute approximate surface area is 106 Å². The minimum absolute atomic E-state index is 0.147. The van der Waals surface area contributed by atoms with E-state index >= 15 is 0 Å². The zero-order chi connectivity index (χ0) is 13.8. The maximum Gasteiger partial charge on any atom is 0.412 e. The SMILES string of the molecule is CC(C)(C)OC(=O)Nc1ccccc1CC(=O)O. The molecule has 0 aliphatic carbocycles. The van der Waals surface area contributed by atoms with Gasteiger partial charge in [0.25, 0.3) is 0 Å². The van der Waals surface area contributed by atoms with Crippen LogP contribution in [0.5, 0.6) is 0 Å². The smallest absolute Gasteiger partial charge is 0.412 e. The number of carboxylic acids is 1. The second-order valence-corrected chi connectivity index (χ2v) is 4.85. The van der Waals surface area contributed by atoms with Gasteiger partial charge in [0.1, 0.15) is 5.60 Å². The molecule has 0 saturated heterocycles. The van der Waals surface area contributed by atoms with Gasteiger partial charge in [-0.05, 0) is 32.4 Å². The van der Waals surface area contributed by atoms with Crippen molar-refractivity contribution >= 4 is 17.7 Å². The lowest BCUT2D eigenvalue weighted by molar-refractivity contribution is -0.136. The summed E-state index contributed by atoms with van der Waals surface area (Å²) in [6, 6.07) is 6.74. The third-order valence-electron chi connectivity index (χ3n) is 1.99. The number of ether oxygens (including phenoxy) is 1. The highest BCUT2D eigenvalue weighted by atomic mass is 16.6. The highest BCUT2D eigenvalue weighted by molar-refractivity contribution is 5.87. The molecule has 0 radical (unpaired) electrons. The molecule has 1 amide bonds. The first-order valence-electron chi connectivity index (χ1n) is 5.57. The zero-order valence-corrected chi connectivity index (χ0v) is 10.7. The zero-order valence-electron chi connectivity index (χ0n) is 10.7. The Bertz CT molecular complexity index is 449. The Hall–Kier alpha value is -2.04. The molecule has 0 aromatic heterocycles. The number of hydrogen-bond acceptors (Lipinski definition) is 3. The van der Waals surface area contributed by atoms with E-state index in [2.05, 4.69) is 5.32 Å². The quantitative estimate of drug-likeness (QED) is 0.866. The summed E-state index contributed by atoms with van der Waals surface area (Å²) >= 11 is 0. The van der Waals surface area contributed by atoms with Crippen LogP contribution in [0.2, 0.25) is 0 Å². The molecule has 0 atom stereocenters.